The van der Waals surface area contributed by atoms with E-state index in [9.17, 15) is 4.79 Å². The molecule has 0 saturated heterocycles. The van der Waals surface area contributed by atoms with Crippen molar-refractivity contribution in [2.24, 2.45) is 0 Å². The smallest absolute Gasteiger partial charge is 0.172 e. The molecule has 0 radical (unpaired) electrons. The van der Waals surface area contributed by atoms with Gasteiger partial charge in [0.1, 0.15) is 0 Å². The number of hydrogen-bond acceptors (Lipinski definition) is 2. The van der Waals surface area contributed by atoms with Crippen molar-refractivity contribution in [1.29, 1.82) is 0 Å². The number of benzene rings is 1. The Balaban J connectivity index is 2.03. The molecule has 0 heterocycles. The third-order valence-electron chi connectivity index (χ3n) is 3.25. The lowest BCUT2D eigenvalue weighted by molar-refractivity contribution is 0.102. The Labute approximate surface area is 108 Å². The molecule has 1 aromatic rings. The van der Waals surface area contributed by atoms with E-state index in [1.807, 2.05) is 6.07 Å². The minimum absolute atomic E-state index is 0.289. The van der Waals surface area contributed by atoms with Crippen LogP contribution in [0, 0.1) is 0 Å². The lowest BCUT2D eigenvalue weighted by Crippen LogP contribution is -2.07. The van der Waals surface area contributed by atoms with Crippen molar-refractivity contribution in [1.82, 2.24) is 0 Å². The first-order valence-electron chi connectivity index (χ1n) is 6.54. The van der Waals surface area contributed by atoms with E-state index in [1.54, 1.807) is 11.8 Å². The fourth-order valence-corrected chi connectivity index (χ4v) is 3.08. The van der Waals surface area contributed by atoms with Crippen LogP contribution in [0.3, 0.4) is 0 Å². The maximum Gasteiger partial charge on any atom is 0.172 e. The molecule has 0 aliphatic heterocycles. The lowest BCUT2D eigenvalue weighted by atomic mass is 9.90. The summed E-state index contributed by atoms with van der Waals surface area (Å²) >= 11 is 1.74. The Hall–Kier alpha value is -0.760. The lowest BCUT2D eigenvalue weighted by Gasteiger charge is -2.16. The van der Waals surface area contributed by atoms with Gasteiger partial charge in [-0.3, -0.25) is 4.79 Å². The number of ketones is 1. The Kier molecular flexibility index (Phi) is 4.66. The van der Waals surface area contributed by atoms with Crippen LogP contribution in [0.5, 0.6) is 0 Å². The third kappa shape index (κ3) is 3.35. The number of carbonyl (C=O) groups is 1. The summed E-state index contributed by atoms with van der Waals surface area (Å²) in [7, 11) is 0. The molecule has 0 aromatic heterocycles. The van der Waals surface area contributed by atoms with Crippen LogP contribution in [-0.4, -0.2) is 17.3 Å². The van der Waals surface area contributed by atoms with Gasteiger partial charge in [0.2, 0.25) is 0 Å². The molecule has 92 valence electrons. The summed E-state index contributed by atoms with van der Waals surface area (Å²) in [6, 6.07) is 6.30. The minimum Gasteiger partial charge on any atom is -0.293 e. The molecule has 1 aliphatic rings. The molecule has 1 aromatic carbocycles. The minimum atomic E-state index is 0.289. The molecule has 1 aliphatic carbocycles. The van der Waals surface area contributed by atoms with E-state index >= 15 is 0 Å². The summed E-state index contributed by atoms with van der Waals surface area (Å²) in [5, 5.41) is 0. The summed E-state index contributed by atoms with van der Waals surface area (Å²) in [5.74, 6) is 2.00. The molecule has 0 saturated carbocycles. The number of thioether (sulfide) groups is 1. The zero-order valence-electron chi connectivity index (χ0n) is 10.5. The van der Waals surface area contributed by atoms with Crippen molar-refractivity contribution in [2.45, 2.75) is 39.0 Å². The molecule has 2 heteroatoms. The van der Waals surface area contributed by atoms with E-state index in [2.05, 4.69) is 19.1 Å². The Morgan fingerprint density at radius 3 is 2.76 bits per heavy atom. The van der Waals surface area contributed by atoms with E-state index in [0.717, 1.165) is 24.2 Å². The number of aryl methyl sites for hydroxylation is 2. The second kappa shape index (κ2) is 6.25. The summed E-state index contributed by atoms with van der Waals surface area (Å²) < 4.78 is 0. The SMILES string of the molecule is CCCSCC(=O)c1ccc2c(c1)CCCC2. The van der Waals surface area contributed by atoms with Gasteiger partial charge in [0.15, 0.2) is 5.78 Å². The standard InChI is InChI=1S/C15H20OS/c1-2-9-17-11-15(16)14-8-7-12-5-3-4-6-13(12)10-14/h7-8,10H,2-6,9,11H2,1H3. The summed E-state index contributed by atoms with van der Waals surface area (Å²) in [4.78, 5) is 12.0. The van der Waals surface area contributed by atoms with E-state index in [0.29, 0.717) is 5.75 Å². The predicted octanol–water partition coefficient (Wildman–Crippen LogP) is 3.89. The van der Waals surface area contributed by atoms with Crippen LogP contribution in [0.15, 0.2) is 18.2 Å². The summed E-state index contributed by atoms with van der Waals surface area (Å²) in [6.45, 7) is 2.15. The number of Topliss-reactive ketones (excluding diaryl/α,β-unsaturated/α-hetero) is 1. The Bertz CT molecular complexity index is 398. The van der Waals surface area contributed by atoms with Crippen LogP contribution < -0.4 is 0 Å². The molecular formula is C15H20OS. The normalized spacial score (nSPS) is 14.4. The maximum absolute atomic E-state index is 12.0. The van der Waals surface area contributed by atoms with Crippen molar-refractivity contribution < 1.29 is 4.79 Å². The molecular weight excluding hydrogens is 228 g/mol. The third-order valence-corrected chi connectivity index (χ3v) is 4.42. The molecule has 0 spiro atoms. The van der Waals surface area contributed by atoms with Gasteiger partial charge >= 0.3 is 0 Å². The van der Waals surface area contributed by atoms with E-state index in [1.165, 1.54) is 30.4 Å². The zero-order valence-corrected chi connectivity index (χ0v) is 11.3. The van der Waals surface area contributed by atoms with Gasteiger partial charge < -0.3 is 0 Å². The van der Waals surface area contributed by atoms with Crippen LogP contribution >= 0.6 is 11.8 Å². The van der Waals surface area contributed by atoms with Gasteiger partial charge in [-0.15, -0.1) is 0 Å². The van der Waals surface area contributed by atoms with Gasteiger partial charge in [0.05, 0.1) is 5.75 Å². The molecule has 0 unspecified atom stereocenters. The molecule has 0 bridgehead atoms. The molecule has 0 N–H and O–H groups in total. The molecule has 17 heavy (non-hydrogen) atoms. The largest absolute Gasteiger partial charge is 0.293 e. The molecule has 1 nitrogen and oxygen atoms in total. The van der Waals surface area contributed by atoms with E-state index < -0.39 is 0 Å². The zero-order chi connectivity index (χ0) is 12.1. The van der Waals surface area contributed by atoms with Crippen LogP contribution in [0.2, 0.25) is 0 Å². The number of hydrogen-bond donors (Lipinski definition) is 0. The highest BCUT2D eigenvalue weighted by molar-refractivity contribution is 7.99. The molecule has 2 rings (SSSR count). The van der Waals surface area contributed by atoms with Crippen molar-refractivity contribution in [3.8, 4) is 0 Å². The quantitative estimate of drug-likeness (QED) is 0.581. The fraction of sp³-hybridized carbons (Fsp3) is 0.533. The first kappa shape index (κ1) is 12.7. The fourth-order valence-electron chi connectivity index (χ4n) is 2.30. The van der Waals surface area contributed by atoms with Crippen molar-refractivity contribution in [3.05, 3.63) is 34.9 Å². The number of carbonyl (C=O) groups excluding carboxylic acids is 1. The van der Waals surface area contributed by atoms with Crippen LogP contribution in [0.4, 0.5) is 0 Å². The van der Waals surface area contributed by atoms with Crippen molar-refractivity contribution in [2.75, 3.05) is 11.5 Å². The second-order valence-electron chi connectivity index (χ2n) is 4.67. The monoisotopic (exact) mass is 248 g/mol. The molecule has 0 fully saturated rings. The summed E-state index contributed by atoms with van der Waals surface area (Å²) in [5.41, 5.74) is 3.77. The average Bonchev–Trinajstić information content (AvgIpc) is 2.38. The van der Waals surface area contributed by atoms with Gasteiger partial charge in [-0.25, -0.2) is 0 Å². The average molecular weight is 248 g/mol. The topological polar surface area (TPSA) is 17.1 Å². The summed E-state index contributed by atoms with van der Waals surface area (Å²) in [6.07, 6.45) is 6.05. The second-order valence-corrected chi connectivity index (χ2v) is 5.77. The van der Waals surface area contributed by atoms with E-state index in [-0.39, 0.29) is 5.78 Å². The molecule has 0 atom stereocenters. The first-order valence-corrected chi connectivity index (χ1v) is 7.69. The van der Waals surface area contributed by atoms with Crippen LogP contribution in [-0.2, 0) is 12.8 Å². The first-order chi connectivity index (χ1) is 8.31. The van der Waals surface area contributed by atoms with Crippen LogP contribution in [0.1, 0.15) is 47.7 Å². The predicted molar refractivity (Wildman–Crippen MR) is 75.0 cm³/mol. The maximum atomic E-state index is 12.0. The van der Waals surface area contributed by atoms with Gasteiger partial charge in [-0.2, -0.15) is 11.8 Å². The van der Waals surface area contributed by atoms with Crippen LogP contribution in [0.25, 0.3) is 0 Å². The van der Waals surface area contributed by atoms with Gasteiger partial charge in [-0.05, 0) is 55.1 Å². The van der Waals surface area contributed by atoms with Gasteiger partial charge in [0.25, 0.3) is 0 Å². The van der Waals surface area contributed by atoms with Crippen molar-refractivity contribution in [3.63, 3.8) is 0 Å². The highest BCUT2D eigenvalue weighted by Gasteiger charge is 2.12. The highest BCUT2D eigenvalue weighted by Crippen LogP contribution is 2.22. The molecule has 0 amide bonds. The number of fused-ring (bicyclic) bond motifs is 1. The van der Waals surface area contributed by atoms with Gasteiger partial charge in [0, 0.05) is 5.56 Å². The van der Waals surface area contributed by atoms with Gasteiger partial charge in [-0.1, -0.05) is 19.1 Å². The number of rotatable bonds is 5. The Morgan fingerprint density at radius 2 is 2.00 bits per heavy atom. The highest BCUT2D eigenvalue weighted by atomic mass is 32.2. The van der Waals surface area contributed by atoms with Crippen molar-refractivity contribution >= 4 is 17.5 Å². The van der Waals surface area contributed by atoms with E-state index in [4.69, 9.17) is 0 Å². The Morgan fingerprint density at radius 1 is 1.24 bits per heavy atom.